The molecule has 0 bridgehead atoms. The zero-order valence-electron chi connectivity index (χ0n) is 11.6. The maximum Gasteiger partial charge on any atom is 0.311 e. The van der Waals surface area contributed by atoms with Crippen molar-refractivity contribution in [2.45, 2.75) is 71.8 Å². The molecule has 0 radical (unpaired) electrons. The third-order valence-electron chi connectivity index (χ3n) is 3.10. The summed E-state index contributed by atoms with van der Waals surface area (Å²) in [6, 6.07) is 0. The van der Waals surface area contributed by atoms with E-state index in [4.69, 9.17) is 4.74 Å². The summed E-state index contributed by atoms with van der Waals surface area (Å²) >= 11 is 0. The van der Waals surface area contributed by atoms with Crippen molar-refractivity contribution in [3.63, 3.8) is 0 Å². The molecule has 0 aromatic carbocycles. The molecule has 0 aliphatic rings. The van der Waals surface area contributed by atoms with Crippen LogP contribution in [0.4, 0.5) is 0 Å². The first-order valence-corrected chi connectivity index (χ1v) is 7.01. The van der Waals surface area contributed by atoms with Crippen LogP contribution in [0.25, 0.3) is 0 Å². The van der Waals surface area contributed by atoms with E-state index in [1.54, 1.807) is 6.92 Å². The van der Waals surface area contributed by atoms with Crippen LogP contribution in [0.15, 0.2) is 0 Å². The SMILES string of the molecule is CCCCCCCC(O)C(CC)C(=O)OCC. The Kier molecular flexibility index (Phi) is 10.2. The van der Waals surface area contributed by atoms with Gasteiger partial charge < -0.3 is 9.84 Å². The zero-order valence-corrected chi connectivity index (χ0v) is 11.6. The second-order valence-corrected chi connectivity index (χ2v) is 4.54. The summed E-state index contributed by atoms with van der Waals surface area (Å²) in [7, 11) is 0. The Labute approximate surface area is 106 Å². The van der Waals surface area contributed by atoms with Crippen LogP contribution in [-0.4, -0.2) is 23.8 Å². The molecule has 3 heteroatoms. The lowest BCUT2D eigenvalue weighted by molar-refractivity contribution is -0.152. The molecule has 0 amide bonds. The average Bonchev–Trinajstić information content (AvgIpc) is 2.30. The smallest absolute Gasteiger partial charge is 0.311 e. The summed E-state index contributed by atoms with van der Waals surface area (Å²) in [4.78, 5) is 11.6. The molecule has 0 aromatic rings. The lowest BCUT2D eigenvalue weighted by atomic mass is 9.95. The second kappa shape index (κ2) is 10.6. The fraction of sp³-hybridized carbons (Fsp3) is 0.929. The summed E-state index contributed by atoms with van der Waals surface area (Å²) in [5.41, 5.74) is 0. The number of aliphatic hydroxyl groups is 1. The van der Waals surface area contributed by atoms with Crippen LogP contribution in [0, 0.1) is 5.92 Å². The van der Waals surface area contributed by atoms with Gasteiger partial charge in [-0.05, 0) is 19.8 Å². The third kappa shape index (κ3) is 7.37. The Morgan fingerprint density at radius 1 is 1.12 bits per heavy atom. The molecule has 0 saturated heterocycles. The van der Waals surface area contributed by atoms with Gasteiger partial charge in [0.25, 0.3) is 0 Å². The highest BCUT2D eigenvalue weighted by molar-refractivity contribution is 5.73. The van der Waals surface area contributed by atoms with Crippen molar-refractivity contribution >= 4 is 5.97 Å². The van der Waals surface area contributed by atoms with Gasteiger partial charge in [-0.15, -0.1) is 0 Å². The molecule has 0 saturated carbocycles. The molecule has 0 aliphatic heterocycles. The predicted octanol–water partition coefficient (Wildman–Crippen LogP) is 3.30. The van der Waals surface area contributed by atoms with Gasteiger partial charge in [-0.3, -0.25) is 4.79 Å². The lowest BCUT2D eigenvalue weighted by Crippen LogP contribution is -2.29. The largest absolute Gasteiger partial charge is 0.466 e. The van der Waals surface area contributed by atoms with Crippen molar-refractivity contribution < 1.29 is 14.6 Å². The maximum atomic E-state index is 11.6. The predicted molar refractivity (Wildman–Crippen MR) is 69.8 cm³/mol. The van der Waals surface area contributed by atoms with Gasteiger partial charge in [0.05, 0.1) is 18.6 Å². The van der Waals surface area contributed by atoms with Crippen LogP contribution in [0.2, 0.25) is 0 Å². The van der Waals surface area contributed by atoms with Crippen molar-refractivity contribution in [3.05, 3.63) is 0 Å². The summed E-state index contributed by atoms with van der Waals surface area (Å²) in [5.74, 6) is -0.600. The number of unbranched alkanes of at least 4 members (excludes halogenated alkanes) is 4. The number of ether oxygens (including phenoxy) is 1. The molecular weight excluding hydrogens is 216 g/mol. The van der Waals surface area contributed by atoms with Gasteiger partial charge in [0.1, 0.15) is 0 Å². The second-order valence-electron chi connectivity index (χ2n) is 4.54. The highest BCUT2D eigenvalue weighted by Crippen LogP contribution is 2.17. The van der Waals surface area contributed by atoms with Gasteiger partial charge in [-0.2, -0.15) is 0 Å². The fourth-order valence-electron chi connectivity index (χ4n) is 2.00. The molecule has 1 N–H and O–H groups in total. The molecule has 0 aliphatic carbocycles. The summed E-state index contributed by atoms with van der Waals surface area (Å²) in [6.07, 6.45) is 6.66. The molecule has 0 aromatic heterocycles. The van der Waals surface area contributed by atoms with E-state index in [2.05, 4.69) is 6.92 Å². The van der Waals surface area contributed by atoms with E-state index in [-0.39, 0.29) is 11.9 Å². The van der Waals surface area contributed by atoms with Crippen molar-refractivity contribution in [3.8, 4) is 0 Å². The highest BCUT2D eigenvalue weighted by Gasteiger charge is 2.25. The number of hydrogen-bond acceptors (Lipinski definition) is 3. The lowest BCUT2D eigenvalue weighted by Gasteiger charge is -2.19. The number of hydrogen-bond donors (Lipinski definition) is 1. The van der Waals surface area contributed by atoms with E-state index in [1.165, 1.54) is 19.3 Å². The standard InChI is InChI=1S/C14H28O3/c1-4-7-8-9-10-11-13(15)12(5-2)14(16)17-6-3/h12-13,15H,4-11H2,1-3H3. The van der Waals surface area contributed by atoms with Crippen LogP contribution >= 0.6 is 0 Å². The summed E-state index contributed by atoms with van der Waals surface area (Å²) < 4.78 is 4.96. The van der Waals surface area contributed by atoms with Gasteiger partial charge >= 0.3 is 5.97 Å². The third-order valence-corrected chi connectivity index (χ3v) is 3.10. The van der Waals surface area contributed by atoms with Gasteiger partial charge in [-0.1, -0.05) is 46.0 Å². The normalized spacial score (nSPS) is 14.4. The Balaban J connectivity index is 3.83. The first kappa shape index (κ1) is 16.4. The molecule has 3 nitrogen and oxygen atoms in total. The number of carbonyl (C=O) groups is 1. The molecule has 0 fully saturated rings. The molecule has 2 unspecified atom stereocenters. The van der Waals surface area contributed by atoms with Crippen LogP contribution in [0.5, 0.6) is 0 Å². The topological polar surface area (TPSA) is 46.5 Å². The van der Waals surface area contributed by atoms with E-state index in [9.17, 15) is 9.90 Å². The van der Waals surface area contributed by atoms with Gasteiger partial charge in [0.2, 0.25) is 0 Å². The van der Waals surface area contributed by atoms with Crippen molar-refractivity contribution in [1.29, 1.82) is 0 Å². The van der Waals surface area contributed by atoms with E-state index < -0.39 is 6.10 Å². The zero-order chi connectivity index (χ0) is 13.1. The number of carbonyl (C=O) groups excluding carboxylic acids is 1. The van der Waals surface area contributed by atoms with Crippen molar-refractivity contribution in [2.24, 2.45) is 5.92 Å². The first-order chi connectivity index (χ1) is 8.17. The van der Waals surface area contributed by atoms with Crippen LogP contribution in [0.1, 0.15) is 65.7 Å². The van der Waals surface area contributed by atoms with Crippen LogP contribution in [0.3, 0.4) is 0 Å². The first-order valence-electron chi connectivity index (χ1n) is 7.01. The molecule has 17 heavy (non-hydrogen) atoms. The molecule has 0 heterocycles. The van der Waals surface area contributed by atoms with Crippen LogP contribution in [-0.2, 0) is 9.53 Å². The molecular formula is C14H28O3. The Hall–Kier alpha value is -0.570. The molecule has 2 atom stereocenters. The fourth-order valence-corrected chi connectivity index (χ4v) is 2.00. The van der Waals surface area contributed by atoms with Crippen molar-refractivity contribution in [2.75, 3.05) is 6.61 Å². The number of rotatable bonds is 10. The average molecular weight is 244 g/mol. The van der Waals surface area contributed by atoms with Crippen molar-refractivity contribution in [1.82, 2.24) is 0 Å². The monoisotopic (exact) mass is 244 g/mol. The maximum absolute atomic E-state index is 11.6. The Morgan fingerprint density at radius 3 is 2.29 bits per heavy atom. The number of esters is 1. The van der Waals surface area contributed by atoms with Gasteiger partial charge in [0, 0.05) is 0 Å². The minimum absolute atomic E-state index is 0.254. The minimum atomic E-state index is -0.541. The summed E-state index contributed by atoms with van der Waals surface area (Å²) in [6.45, 7) is 6.28. The van der Waals surface area contributed by atoms with E-state index in [0.717, 1.165) is 12.8 Å². The molecule has 102 valence electrons. The highest BCUT2D eigenvalue weighted by atomic mass is 16.5. The van der Waals surface area contributed by atoms with Gasteiger partial charge in [0.15, 0.2) is 0 Å². The molecule has 0 rings (SSSR count). The van der Waals surface area contributed by atoms with Crippen LogP contribution < -0.4 is 0 Å². The Morgan fingerprint density at radius 2 is 1.76 bits per heavy atom. The van der Waals surface area contributed by atoms with E-state index in [0.29, 0.717) is 19.4 Å². The minimum Gasteiger partial charge on any atom is -0.466 e. The van der Waals surface area contributed by atoms with E-state index in [1.807, 2.05) is 6.92 Å². The van der Waals surface area contributed by atoms with E-state index >= 15 is 0 Å². The summed E-state index contributed by atoms with van der Waals surface area (Å²) in [5, 5.41) is 9.96. The molecule has 0 spiro atoms. The number of aliphatic hydroxyl groups excluding tert-OH is 1. The quantitative estimate of drug-likeness (QED) is 0.474. The Bertz CT molecular complexity index is 192. The van der Waals surface area contributed by atoms with Gasteiger partial charge in [-0.25, -0.2) is 0 Å².